The third-order valence-corrected chi connectivity index (χ3v) is 3.46. The summed E-state index contributed by atoms with van der Waals surface area (Å²) in [6.45, 7) is 2.13. The van der Waals surface area contributed by atoms with Crippen LogP contribution in [0.15, 0.2) is 36.5 Å². The highest BCUT2D eigenvalue weighted by Crippen LogP contribution is 2.24. The predicted molar refractivity (Wildman–Crippen MR) is 75.6 cm³/mol. The topological polar surface area (TPSA) is 29.9 Å². The van der Waals surface area contributed by atoms with E-state index in [9.17, 15) is 4.39 Å². The molecule has 1 aromatic heterocycles. The van der Waals surface area contributed by atoms with E-state index in [0.717, 1.165) is 37.3 Å². The van der Waals surface area contributed by atoms with Crippen molar-refractivity contribution in [3.8, 4) is 5.69 Å². The number of rotatable bonds is 2. The second kappa shape index (κ2) is 6.17. The molecule has 3 rings (SSSR count). The molecular weight excluding hydrogens is 265 g/mol. The first kappa shape index (κ1) is 14.0. The Morgan fingerprint density at radius 1 is 1.11 bits per heavy atom. The summed E-state index contributed by atoms with van der Waals surface area (Å²) in [6.07, 6.45) is 4.23. The third-order valence-electron chi connectivity index (χ3n) is 3.46. The number of benzene rings is 1. The van der Waals surface area contributed by atoms with Crippen LogP contribution in [0.5, 0.6) is 0 Å². The molecule has 0 spiro atoms. The van der Waals surface area contributed by atoms with Gasteiger partial charge in [0.15, 0.2) is 0 Å². The van der Waals surface area contributed by atoms with Crippen LogP contribution in [0.1, 0.15) is 24.5 Å². The molecule has 102 valence electrons. The Bertz CT molecular complexity index is 518. The molecule has 1 saturated heterocycles. The van der Waals surface area contributed by atoms with Gasteiger partial charge < -0.3 is 5.32 Å². The molecule has 1 aliphatic heterocycles. The summed E-state index contributed by atoms with van der Waals surface area (Å²) in [6, 6.07) is 8.48. The zero-order valence-corrected chi connectivity index (χ0v) is 11.4. The normalized spacial score (nSPS) is 16.1. The van der Waals surface area contributed by atoms with Crippen LogP contribution in [0.25, 0.3) is 5.69 Å². The van der Waals surface area contributed by atoms with Crippen LogP contribution in [0.2, 0.25) is 0 Å². The number of hydrogen-bond donors (Lipinski definition) is 1. The molecule has 1 aliphatic rings. The van der Waals surface area contributed by atoms with Crippen molar-refractivity contribution < 1.29 is 4.39 Å². The summed E-state index contributed by atoms with van der Waals surface area (Å²) in [7, 11) is 0. The van der Waals surface area contributed by atoms with E-state index in [1.54, 1.807) is 12.1 Å². The Kier molecular flexibility index (Phi) is 4.56. The van der Waals surface area contributed by atoms with Gasteiger partial charge in [-0.1, -0.05) is 0 Å². The van der Waals surface area contributed by atoms with E-state index >= 15 is 0 Å². The van der Waals surface area contributed by atoms with E-state index in [1.807, 2.05) is 10.9 Å². The fraction of sp³-hybridized carbons (Fsp3) is 0.357. The van der Waals surface area contributed by atoms with Gasteiger partial charge in [0.1, 0.15) is 5.82 Å². The largest absolute Gasteiger partial charge is 0.317 e. The highest BCUT2D eigenvalue weighted by Gasteiger charge is 2.17. The van der Waals surface area contributed by atoms with Gasteiger partial charge in [0, 0.05) is 12.1 Å². The molecule has 1 N–H and O–H groups in total. The first-order valence-corrected chi connectivity index (χ1v) is 6.35. The van der Waals surface area contributed by atoms with Gasteiger partial charge in [0.25, 0.3) is 0 Å². The Morgan fingerprint density at radius 3 is 2.47 bits per heavy atom. The van der Waals surface area contributed by atoms with Crippen molar-refractivity contribution >= 4 is 12.4 Å². The average molecular weight is 282 g/mol. The minimum Gasteiger partial charge on any atom is -0.317 e. The Labute approximate surface area is 118 Å². The average Bonchev–Trinajstić information content (AvgIpc) is 2.90. The highest BCUT2D eigenvalue weighted by molar-refractivity contribution is 5.85. The van der Waals surface area contributed by atoms with Gasteiger partial charge in [-0.15, -0.1) is 12.4 Å². The molecule has 0 radical (unpaired) electrons. The summed E-state index contributed by atoms with van der Waals surface area (Å²) in [5, 5.41) is 7.95. The third kappa shape index (κ3) is 3.14. The zero-order valence-electron chi connectivity index (χ0n) is 10.6. The van der Waals surface area contributed by atoms with Crippen molar-refractivity contribution in [3.05, 3.63) is 48.0 Å². The molecule has 1 aromatic carbocycles. The number of nitrogens with one attached hydrogen (secondary N) is 1. The van der Waals surface area contributed by atoms with Gasteiger partial charge in [0.05, 0.1) is 11.4 Å². The van der Waals surface area contributed by atoms with Crippen LogP contribution >= 0.6 is 12.4 Å². The van der Waals surface area contributed by atoms with Crippen LogP contribution in [0.4, 0.5) is 4.39 Å². The number of halogens is 2. The Balaban J connectivity index is 0.00000133. The Morgan fingerprint density at radius 2 is 1.79 bits per heavy atom. The smallest absolute Gasteiger partial charge is 0.123 e. The number of piperidine rings is 1. The summed E-state index contributed by atoms with van der Waals surface area (Å²) in [5.41, 5.74) is 2.04. The fourth-order valence-corrected chi connectivity index (χ4v) is 2.41. The van der Waals surface area contributed by atoms with Crippen LogP contribution in [-0.4, -0.2) is 22.9 Å². The molecule has 2 aromatic rings. The molecule has 0 saturated carbocycles. The number of hydrogen-bond acceptors (Lipinski definition) is 2. The summed E-state index contributed by atoms with van der Waals surface area (Å²) < 4.78 is 14.7. The number of aromatic nitrogens is 2. The summed E-state index contributed by atoms with van der Waals surface area (Å²) >= 11 is 0. The lowest BCUT2D eigenvalue weighted by Gasteiger charge is -2.20. The molecule has 1 fully saturated rings. The van der Waals surface area contributed by atoms with E-state index in [0.29, 0.717) is 5.92 Å². The van der Waals surface area contributed by atoms with Crippen LogP contribution in [0, 0.1) is 5.82 Å². The van der Waals surface area contributed by atoms with Crippen molar-refractivity contribution in [2.24, 2.45) is 0 Å². The van der Waals surface area contributed by atoms with Gasteiger partial charge in [-0.05, 0) is 56.3 Å². The molecule has 2 heterocycles. The van der Waals surface area contributed by atoms with Gasteiger partial charge in [0.2, 0.25) is 0 Å². The lowest BCUT2D eigenvalue weighted by atomic mass is 9.95. The monoisotopic (exact) mass is 281 g/mol. The fourth-order valence-electron chi connectivity index (χ4n) is 2.41. The van der Waals surface area contributed by atoms with E-state index in [1.165, 1.54) is 12.1 Å². The van der Waals surface area contributed by atoms with Gasteiger partial charge >= 0.3 is 0 Å². The minimum absolute atomic E-state index is 0. The Hall–Kier alpha value is -1.39. The lowest BCUT2D eigenvalue weighted by molar-refractivity contribution is 0.451. The van der Waals surface area contributed by atoms with Crippen molar-refractivity contribution in [3.63, 3.8) is 0 Å². The molecule has 0 unspecified atom stereocenters. The van der Waals surface area contributed by atoms with Gasteiger partial charge in [-0.25, -0.2) is 9.07 Å². The first-order chi connectivity index (χ1) is 8.83. The highest BCUT2D eigenvalue weighted by atomic mass is 35.5. The van der Waals surface area contributed by atoms with Crippen molar-refractivity contribution in [1.29, 1.82) is 0 Å². The molecule has 0 bridgehead atoms. The molecule has 0 atom stereocenters. The summed E-state index contributed by atoms with van der Waals surface area (Å²) in [4.78, 5) is 0. The number of nitrogens with zero attached hydrogens (tertiary/aromatic N) is 2. The van der Waals surface area contributed by atoms with Crippen LogP contribution in [0.3, 0.4) is 0 Å². The zero-order chi connectivity index (χ0) is 12.4. The maximum Gasteiger partial charge on any atom is 0.123 e. The van der Waals surface area contributed by atoms with Crippen molar-refractivity contribution in [2.45, 2.75) is 18.8 Å². The van der Waals surface area contributed by atoms with E-state index < -0.39 is 0 Å². The molecule has 3 nitrogen and oxygen atoms in total. The van der Waals surface area contributed by atoms with E-state index in [4.69, 9.17) is 0 Å². The predicted octanol–water partition coefficient (Wildman–Crippen LogP) is 2.90. The second-order valence-electron chi connectivity index (χ2n) is 4.69. The quantitative estimate of drug-likeness (QED) is 0.917. The van der Waals surface area contributed by atoms with Crippen molar-refractivity contribution in [1.82, 2.24) is 15.1 Å². The van der Waals surface area contributed by atoms with Gasteiger partial charge in [-0.2, -0.15) is 5.10 Å². The maximum atomic E-state index is 12.9. The van der Waals surface area contributed by atoms with E-state index in [2.05, 4.69) is 16.5 Å². The SMILES string of the molecule is Cl.Fc1ccc(-n2ccc(C3CCNCC3)n2)cc1. The molecule has 0 aliphatic carbocycles. The van der Waals surface area contributed by atoms with E-state index in [-0.39, 0.29) is 18.2 Å². The first-order valence-electron chi connectivity index (χ1n) is 6.35. The van der Waals surface area contributed by atoms with Crippen LogP contribution in [-0.2, 0) is 0 Å². The minimum atomic E-state index is -0.218. The standard InChI is InChI=1S/C14H16FN3.ClH/c15-12-1-3-13(4-2-12)18-10-7-14(17-18)11-5-8-16-9-6-11;/h1-4,7,10-11,16H,5-6,8-9H2;1H. The van der Waals surface area contributed by atoms with Gasteiger partial charge in [-0.3, -0.25) is 0 Å². The summed E-state index contributed by atoms with van der Waals surface area (Å²) in [5.74, 6) is 0.331. The molecule has 0 amide bonds. The molecular formula is C14H17ClFN3. The second-order valence-corrected chi connectivity index (χ2v) is 4.69. The maximum absolute atomic E-state index is 12.9. The molecule has 19 heavy (non-hydrogen) atoms. The lowest BCUT2D eigenvalue weighted by Crippen LogP contribution is -2.26. The molecule has 5 heteroatoms. The van der Waals surface area contributed by atoms with Crippen molar-refractivity contribution in [2.75, 3.05) is 13.1 Å². The van der Waals surface area contributed by atoms with Crippen LogP contribution < -0.4 is 5.32 Å².